The zero-order chi connectivity index (χ0) is 11.8. The zero-order valence-corrected chi connectivity index (χ0v) is 11.8. The second kappa shape index (κ2) is 7.60. The Balaban J connectivity index is 2.35. The third kappa shape index (κ3) is 5.44. The average molecular weight is 237 g/mol. The van der Waals surface area contributed by atoms with Crippen molar-refractivity contribution >= 4 is 14.9 Å². The van der Waals surface area contributed by atoms with E-state index in [1.807, 2.05) is 0 Å². The van der Waals surface area contributed by atoms with Gasteiger partial charge in [-0.05, 0) is 36.9 Å². The van der Waals surface area contributed by atoms with Crippen molar-refractivity contribution < 1.29 is 4.43 Å². The lowest BCUT2D eigenvalue weighted by Gasteiger charge is -2.06. The summed E-state index contributed by atoms with van der Waals surface area (Å²) >= 11 is 0. The van der Waals surface area contributed by atoms with Crippen LogP contribution in [0.5, 0.6) is 0 Å². The molecule has 0 saturated heterocycles. The van der Waals surface area contributed by atoms with Crippen LogP contribution in [0.2, 0.25) is 0 Å². The standard InChI is InChI=1S/C13H23NOSi/c1-3-10-15-16-13-8-6-12(7-9-13)5-4-11(2)14/h6-9,11H,3-5,10,14,16H2,1-2H3. The van der Waals surface area contributed by atoms with Crippen molar-refractivity contribution in [1.82, 2.24) is 0 Å². The van der Waals surface area contributed by atoms with Gasteiger partial charge in [0, 0.05) is 12.6 Å². The minimum Gasteiger partial charge on any atom is -0.419 e. The first-order chi connectivity index (χ1) is 7.72. The van der Waals surface area contributed by atoms with E-state index in [9.17, 15) is 0 Å². The van der Waals surface area contributed by atoms with Gasteiger partial charge in [-0.2, -0.15) is 0 Å². The quantitative estimate of drug-likeness (QED) is 0.569. The maximum atomic E-state index is 5.74. The van der Waals surface area contributed by atoms with Crippen LogP contribution in [0.15, 0.2) is 24.3 Å². The van der Waals surface area contributed by atoms with Gasteiger partial charge >= 0.3 is 0 Å². The van der Waals surface area contributed by atoms with Crippen LogP contribution in [0.3, 0.4) is 0 Å². The first-order valence-electron chi connectivity index (χ1n) is 6.13. The van der Waals surface area contributed by atoms with Gasteiger partial charge in [0.15, 0.2) is 9.76 Å². The van der Waals surface area contributed by atoms with Gasteiger partial charge in [-0.1, -0.05) is 31.2 Å². The van der Waals surface area contributed by atoms with Crippen LogP contribution in [-0.4, -0.2) is 22.4 Å². The number of hydrogen-bond donors (Lipinski definition) is 1. The topological polar surface area (TPSA) is 35.2 Å². The SMILES string of the molecule is CCCO[SiH2]c1ccc(CCC(C)N)cc1. The Morgan fingerprint density at radius 3 is 2.56 bits per heavy atom. The van der Waals surface area contributed by atoms with Crippen molar-refractivity contribution in [3.8, 4) is 0 Å². The van der Waals surface area contributed by atoms with Crippen molar-refractivity contribution in [2.45, 2.75) is 39.2 Å². The van der Waals surface area contributed by atoms with E-state index in [1.165, 1.54) is 10.8 Å². The van der Waals surface area contributed by atoms with Crippen LogP contribution < -0.4 is 10.9 Å². The van der Waals surface area contributed by atoms with Crippen LogP contribution in [0.25, 0.3) is 0 Å². The maximum Gasteiger partial charge on any atom is 0.192 e. The number of rotatable bonds is 7. The first kappa shape index (κ1) is 13.4. The normalized spacial score (nSPS) is 13.4. The highest BCUT2D eigenvalue weighted by Crippen LogP contribution is 2.02. The van der Waals surface area contributed by atoms with Crippen molar-refractivity contribution in [2.75, 3.05) is 6.61 Å². The molecule has 0 aliphatic rings. The molecule has 1 atom stereocenters. The summed E-state index contributed by atoms with van der Waals surface area (Å²) in [5, 5.41) is 1.39. The largest absolute Gasteiger partial charge is 0.419 e. The summed E-state index contributed by atoms with van der Waals surface area (Å²) in [5.74, 6) is 0. The van der Waals surface area contributed by atoms with Gasteiger partial charge in [0.1, 0.15) is 0 Å². The molecule has 0 radical (unpaired) electrons. The lowest BCUT2D eigenvalue weighted by molar-refractivity contribution is 0.341. The van der Waals surface area contributed by atoms with Crippen LogP contribution in [0.4, 0.5) is 0 Å². The molecular weight excluding hydrogens is 214 g/mol. The summed E-state index contributed by atoms with van der Waals surface area (Å²) in [4.78, 5) is 0. The molecule has 0 aliphatic carbocycles. The molecule has 1 unspecified atom stereocenters. The molecule has 1 rings (SSSR count). The zero-order valence-electron chi connectivity index (χ0n) is 10.4. The molecule has 0 saturated carbocycles. The Hall–Kier alpha value is -0.643. The maximum absolute atomic E-state index is 5.74. The summed E-state index contributed by atoms with van der Waals surface area (Å²) in [6, 6.07) is 9.12. The number of aryl methyl sites for hydroxylation is 1. The van der Waals surface area contributed by atoms with Crippen LogP contribution in [-0.2, 0) is 10.8 Å². The Kier molecular flexibility index (Phi) is 6.38. The van der Waals surface area contributed by atoms with Gasteiger partial charge < -0.3 is 10.2 Å². The van der Waals surface area contributed by atoms with Gasteiger partial charge in [0.25, 0.3) is 0 Å². The highest BCUT2D eigenvalue weighted by Gasteiger charge is 1.98. The number of nitrogens with two attached hydrogens (primary N) is 1. The number of benzene rings is 1. The Labute approximate surface area is 101 Å². The van der Waals surface area contributed by atoms with Crippen LogP contribution >= 0.6 is 0 Å². The van der Waals surface area contributed by atoms with E-state index in [-0.39, 0.29) is 0 Å². The molecule has 2 N–H and O–H groups in total. The molecule has 3 heteroatoms. The first-order valence-corrected chi connectivity index (χ1v) is 7.42. The van der Waals surface area contributed by atoms with Crippen molar-refractivity contribution in [3.63, 3.8) is 0 Å². The van der Waals surface area contributed by atoms with Crippen molar-refractivity contribution in [3.05, 3.63) is 29.8 Å². The molecule has 0 aliphatic heterocycles. The van der Waals surface area contributed by atoms with E-state index in [0.29, 0.717) is 6.04 Å². The average Bonchev–Trinajstić information content (AvgIpc) is 2.28. The fraction of sp³-hybridized carbons (Fsp3) is 0.538. The molecule has 90 valence electrons. The Morgan fingerprint density at radius 2 is 2.00 bits per heavy atom. The molecule has 1 aromatic rings. The van der Waals surface area contributed by atoms with Crippen LogP contribution in [0, 0.1) is 0 Å². The van der Waals surface area contributed by atoms with E-state index in [4.69, 9.17) is 10.2 Å². The smallest absolute Gasteiger partial charge is 0.192 e. The molecule has 0 heterocycles. The van der Waals surface area contributed by atoms with Gasteiger partial charge in [-0.3, -0.25) is 0 Å². The molecule has 0 bridgehead atoms. The lowest BCUT2D eigenvalue weighted by Crippen LogP contribution is -2.18. The highest BCUT2D eigenvalue weighted by molar-refractivity contribution is 6.46. The fourth-order valence-electron chi connectivity index (χ4n) is 1.53. The minimum atomic E-state index is -0.493. The van der Waals surface area contributed by atoms with Gasteiger partial charge in [-0.25, -0.2) is 0 Å². The fourth-order valence-corrected chi connectivity index (χ4v) is 2.63. The molecule has 1 aromatic carbocycles. The number of hydrogen-bond acceptors (Lipinski definition) is 2. The van der Waals surface area contributed by atoms with E-state index >= 15 is 0 Å². The van der Waals surface area contributed by atoms with Gasteiger partial charge in [-0.15, -0.1) is 0 Å². The Morgan fingerprint density at radius 1 is 1.31 bits per heavy atom. The lowest BCUT2D eigenvalue weighted by atomic mass is 10.1. The van der Waals surface area contributed by atoms with E-state index in [2.05, 4.69) is 38.1 Å². The van der Waals surface area contributed by atoms with Crippen molar-refractivity contribution in [2.24, 2.45) is 5.73 Å². The molecule has 0 fully saturated rings. The molecule has 0 aromatic heterocycles. The summed E-state index contributed by atoms with van der Waals surface area (Å²) in [6.07, 6.45) is 3.25. The van der Waals surface area contributed by atoms with E-state index < -0.39 is 9.76 Å². The molecule has 0 amide bonds. The summed E-state index contributed by atoms with van der Waals surface area (Å²) in [6.45, 7) is 5.10. The van der Waals surface area contributed by atoms with Gasteiger partial charge in [0.05, 0.1) is 0 Å². The van der Waals surface area contributed by atoms with Crippen LogP contribution in [0.1, 0.15) is 32.3 Å². The molecular formula is C13H23NOSi. The molecule has 16 heavy (non-hydrogen) atoms. The van der Waals surface area contributed by atoms with Gasteiger partial charge in [0.2, 0.25) is 0 Å². The summed E-state index contributed by atoms with van der Waals surface area (Å²) in [5.41, 5.74) is 7.12. The van der Waals surface area contributed by atoms with E-state index in [0.717, 1.165) is 25.9 Å². The predicted octanol–water partition coefficient (Wildman–Crippen LogP) is 1.10. The Bertz CT molecular complexity index is 284. The molecule has 0 spiro atoms. The third-order valence-corrected chi connectivity index (χ3v) is 3.83. The summed E-state index contributed by atoms with van der Waals surface area (Å²) in [7, 11) is -0.493. The monoisotopic (exact) mass is 237 g/mol. The highest BCUT2D eigenvalue weighted by atomic mass is 28.2. The minimum absolute atomic E-state index is 0.293. The predicted molar refractivity (Wildman–Crippen MR) is 72.8 cm³/mol. The molecule has 2 nitrogen and oxygen atoms in total. The second-order valence-corrected chi connectivity index (χ2v) is 5.90. The van der Waals surface area contributed by atoms with E-state index in [1.54, 1.807) is 0 Å². The second-order valence-electron chi connectivity index (χ2n) is 4.39. The third-order valence-electron chi connectivity index (χ3n) is 2.53. The summed E-state index contributed by atoms with van der Waals surface area (Å²) < 4.78 is 5.63. The van der Waals surface area contributed by atoms with Crippen molar-refractivity contribution in [1.29, 1.82) is 0 Å².